The number of carbonyl (C=O) groups is 2. The number of ketones is 1. The summed E-state index contributed by atoms with van der Waals surface area (Å²) < 4.78 is 7.32. The number of Topliss-reactive ketones (excluding diaryl/α,β-unsaturated/α-hetero) is 1. The van der Waals surface area contributed by atoms with Gasteiger partial charge in [-0.3, -0.25) is 9.59 Å². The molecule has 0 aliphatic heterocycles. The van der Waals surface area contributed by atoms with Crippen molar-refractivity contribution in [2.75, 3.05) is 11.9 Å². The van der Waals surface area contributed by atoms with E-state index >= 15 is 0 Å². The van der Waals surface area contributed by atoms with Crippen molar-refractivity contribution >= 4 is 17.4 Å². The normalized spacial score (nSPS) is 13.2. The van der Waals surface area contributed by atoms with E-state index in [1.165, 1.54) is 6.92 Å². The van der Waals surface area contributed by atoms with Gasteiger partial charge in [-0.05, 0) is 54.5 Å². The minimum absolute atomic E-state index is 0.0553. The van der Waals surface area contributed by atoms with Crippen LogP contribution in [-0.4, -0.2) is 38.5 Å². The summed E-state index contributed by atoms with van der Waals surface area (Å²) in [7, 11) is 0. The summed E-state index contributed by atoms with van der Waals surface area (Å²) in [6, 6.07) is 14.5. The van der Waals surface area contributed by atoms with Gasteiger partial charge in [0, 0.05) is 16.8 Å². The van der Waals surface area contributed by atoms with E-state index in [2.05, 4.69) is 20.8 Å². The van der Waals surface area contributed by atoms with Gasteiger partial charge in [-0.15, -0.1) is 5.10 Å². The Morgan fingerprint density at radius 3 is 2.79 bits per heavy atom. The van der Waals surface area contributed by atoms with Crippen molar-refractivity contribution in [3.8, 4) is 17.1 Å². The van der Waals surface area contributed by atoms with Gasteiger partial charge in [-0.1, -0.05) is 24.3 Å². The molecule has 2 aromatic carbocycles. The second-order valence-corrected chi connectivity index (χ2v) is 6.68. The highest BCUT2D eigenvalue weighted by Crippen LogP contribution is 2.36. The fourth-order valence-electron chi connectivity index (χ4n) is 2.84. The molecule has 3 aromatic rings. The van der Waals surface area contributed by atoms with Crippen molar-refractivity contribution in [3.05, 3.63) is 54.1 Å². The first-order valence-electron chi connectivity index (χ1n) is 9.02. The number of benzene rings is 2. The highest BCUT2D eigenvalue weighted by molar-refractivity contribution is 5.94. The fraction of sp³-hybridized carbons (Fsp3) is 0.250. The van der Waals surface area contributed by atoms with E-state index in [0.717, 1.165) is 18.4 Å². The molecule has 0 radical (unpaired) electrons. The Morgan fingerprint density at radius 1 is 1.18 bits per heavy atom. The number of ether oxygens (including phenoxy) is 1. The second kappa shape index (κ2) is 7.59. The molecule has 0 unspecified atom stereocenters. The van der Waals surface area contributed by atoms with E-state index in [0.29, 0.717) is 28.9 Å². The first-order valence-corrected chi connectivity index (χ1v) is 9.02. The number of tetrazole rings is 1. The van der Waals surface area contributed by atoms with E-state index in [9.17, 15) is 9.59 Å². The summed E-state index contributed by atoms with van der Waals surface area (Å²) in [5.74, 6) is 0.809. The quantitative estimate of drug-likeness (QED) is 0.636. The maximum absolute atomic E-state index is 12.2. The van der Waals surface area contributed by atoms with Crippen LogP contribution in [0.2, 0.25) is 0 Å². The third-order valence-corrected chi connectivity index (χ3v) is 4.40. The van der Waals surface area contributed by atoms with Gasteiger partial charge in [-0.25, -0.2) is 4.68 Å². The molecule has 1 aromatic heterocycles. The van der Waals surface area contributed by atoms with Gasteiger partial charge in [0.05, 0.1) is 6.04 Å². The highest BCUT2D eigenvalue weighted by Gasteiger charge is 2.28. The first kappa shape index (κ1) is 17.8. The molecule has 1 aliphatic carbocycles. The number of hydrogen-bond acceptors (Lipinski definition) is 6. The summed E-state index contributed by atoms with van der Waals surface area (Å²) in [6.45, 7) is 1.32. The number of carbonyl (C=O) groups excluding carboxylic acids is 2. The number of rotatable bonds is 7. The third kappa shape index (κ3) is 4.06. The van der Waals surface area contributed by atoms with Gasteiger partial charge >= 0.3 is 0 Å². The Bertz CT molecular complexity index is 1030. The fourth-order valence-corrected chi connectivity index (χ4v) is 2.84. The zero-order valence-corrected chi connectivity index (χ0v) is 15.3. The summed E-state index contributed by atoms with van der Waals surface area (Å²) >= 11 is 0. The molecular weight excluding hydrogens is 358 g/mol. The van der Waals surface area contributed by atoms with Crippen LogP contribution in [0, 0.1) is 0 Å². The molecule has 1 heterocycles. The van der Waals surface area contributed by atoms with Crippen molar-refractivity contribution in [2.24, 2.45) is 0 Å². The molecule has 1 saturated carbocycles. The zero-order valence-electron chi connectivity index (χ0n) is 15.3. The van der Waals surface area contributed by atoms with Crippen LogP contribution < -0.4 is 10.1 Å². The average Bonchev–Trinajstić information content (AvgIpc) is 3.43. The molecule has 8 nitrogen and oxygen atoms in total. The Kier molecular flexibility index (Phi) is 4.84. The molecule has 1 aliphatic rings. The first-order chi connectivity index (χ1) is 13.6. The molecule has 28 heavy (non-hydrogen) atoms. The summed E-state index contributed by atoms with van der Waals surface area (Å²) in [6.07, 6.45) is 2.16. The van der Waals surface area contributed by atoms with E-state index < -0.39 is 0 Å². The van der Waals surface area contributed by atoms with Crippen LogP contribution in [0.15, 0.2) is 48.5 Å². The lowest BCUT2D eigenvalue weighted by Gasteiger charge is -2.09. The molecule has 1 N–H and O–H groups in total. The molecule has 1 fully saturated rings. The van der Waals surface area contributed by atoms with E-state index in [1.807, 2.05) is 22.9 Å². The average molecular weight is 377 g/mol. The molecule has 0 bridgehead atoms. The molecule has 1 amide bonds. The van der Waals surface area contributed by atoms with Crippen LogP contribution in [0.25, 0.3) is 11.4 Å². The SMILES string of the molecule is CC(=O)c1cccc(OCC(=O)Nc2cccc(-c3nnnn3C3CC3)c2)c1. The van der Waals surface area contributed by atoms with Crippen molar-refractivity contribution < 1.29 is 14.3 Å². The molecule has 4 rings (SSSR count). The lowest BCUT2D eigenvalue weighted by molar-refractivity contribution is -0.118. The number of nitrogens with zero attached hydrogens (tertiary/aromatic N) is 4. The summed E-state index contributed by atoms with van der Waals surface area (Å²) in [5.41, 5.74) is 2.01. The van der Waals surface area contributed by atoms with Crippen LogP contribution in [0.4, 0.5) is 5.69 Å². The minimum atomic E-state index is -0.299. The van der Waals surface area contributed by atoms with E-state index in [1.54, 1.807) is 30.3 Å². The van der Waals surface area contributed by atoms with Gasteiger partial charge < -0.3 is 10.1 Å². The smallest absolute Gasteiger partial charge is 0.262 e. The Balaban J connectivity index is 1.40. The van der Waals surface area contributed by atoms with Crippen LogP contribution in [-0.2, 0) is 4.79 Å². The maximum Gasteiger partial charge on any atom is 0.262 e. The Labute approximate surface area is 161 Å². The van der Waals surface area contributed by atoms with Crippen LogP contribution in [0.3, 0.4) is 0 Å². The molecule has 0 atom stereocenters. The third-order valence-electron chi connectivity index (χ3n) is 4.40. The van der Waals surface area contributed by atoms with Crippen molar-refractivity contribution in [2.45, 2.75) is 25.8 Å². The zero-order chi connectivity index (χ0) is 19.5. The van der Waals surface area contributed by atoms with E-state index in [4.69, 9.17) is 4.74 Å². The number of aromatic nitrogens is 4. The van der Waals surface area contributed by atoms with Gasteiger partial charge in [0.25, 0.3) is 5.91 Å². The topological polar surface area (TPSA) is 99.0 Å². The lowest BCUT2D eigenvalue weighted by Crippen LogP contribution is -2.20. The summed E-state index contributed by atoms with van der Waals surface area (Å²) in [4.78, 5) is 23.7. The largest absolute Gasteiger partial charge is 0.484 e. The van der Waals surface area contributed by atoms with Gasteiger partial charge in [-0.2, -0.15) is 0 Å². The van der Waals surface area contributed by atoms with Gasteiger partial charge in [0.2, 0.25) is 0 Å². The molecule has 142 valence electrons. The highest BCUT2D eigenvalue weighted by atomic mass is 16.5. The van der Waals surface area contributed by atoms with E-state index in [-0.39, 0.29) is 18.3 Å². The predicted molar refractivity (Wildman–Crippen MR) is 102 cm³/mol. The van der Waals surface area contributed by atoms with Crippen LogP contribution >= 0.6 is 0 Å². The Hall–Kier alpha value is -3.55. The minimum Gasteiger partial charge on any atom is -0.484 e. The lowest BCUT2D eigenvalue weighted by atomic mass is 10.1. The van der Waals surface area contributed by atoms with Crippen LogP contribution in [0.1, 0.15) is 36.2 Å². The standard InChI is InChI=1S/C20H19N5O3/c1-13(26)14-4-3-7-18(11-14)28-12-19(27)21-16-6-2-5-15(10-16)20-22-23-24-25(20)17-8-9-17/h2-7,10-11,17H,8-9,12H2,1H3,(H,21,27). The number of nitrogens with one attached hydrogen (secondary N) is 1. The van der Waals surface area contributed by atoms with Crippen molar-refractivity contribution in [3.63, 3.8) is 0 Å². The number of anilines is 1. The maximum atomic E-state index is 12.2. The number of hydrogen-bond donors (Lipinski definition) is 1. The predicted octanol–water partition coefficient (Wildman–Crippen LogP) is 2.90. The van der Waals surface area contributed by atoms with Crippen molar-refractivity contribution in [1.82, 2.24) is 20.2 Å². The second-order valence-electron chi connectivity index (χ2n) is 6.68. The molecule has 8 heteroatoms. The molecule has 0 spiro atoms. The van der Waals surface area contributed by atoms with Gasteiger partial charge in [0.15, 0.2) is 18.2 Å². The monoisotopic (exact) mass is 377 g/mol. The van der Waals surface area contributed by atoms with Crippen molar-refractivity contribution in [1.29, 1.82) is 0 Å². The Morgan fingerprint density at radius 2 is 2.00 bits per heavy atom. The molecular formula is C20H19N5O3. The van der Waals surface area contributed by atoms with Gasteiger partial charge in [0.1, 0.15) is 5.75 Å². The number of amides is 1. The molecule has 0 saturated heterocycles. The summed E-state index contributed by atoms with van der Waals surface area (Å²) in [5, 5.41) is 14.7. The van der Waals surface area contributed by atoms with Crippen LogP contribution in [0.5, 0.6) is 5.75 Å².